The SMILES string of the molecule is Cc1csc(/C(C#N)=C\c2ccc(N3CCOCC3)cc2)n1. The molecule has 1 saturated heterocycles. The molecule has 5 heteroatoms. The fourth-order valence-electron chi connectivity index (χ4n) is 2.39. The topological polar surface area (TPSA) is 49.2 Å². The average Bonchev–Trinajstić information content (AvgIpc) is 3.00. The van der Waals surface area contributed by atoms with E-state index >= 15 is 0 Å². The molecule has 0 atom stereocenters. The summed E-state index contributed by atoms with van der Waals surface area (Å²) in [5, 5.41) is 12.1. The smallest absolute Gasteiger partial charge is 0.134 e. The molecule has 1 fully saturated rings. The summed E-state index contributed by atoms with van der Waals surface area (Å²) in [5.41, 5.74) is 3.77. The van der Waals surface area contributed by atoms with Gasteiger partial charge in [-0.1, -0.05) is 12.1 Å². The van der Waals surface area contributed by atoms with E-state index in [4.69, 9.17) is 4.74 Å². The molecule has 1 aliphatic heterocycles. The summed E-state index contributed by atoms with van der Waals surface area (Å²) in [5.74, 6) is 0. The molecular formula is C17H17N3OS. The minimum atomic E-state index is 0.609. The van der Waals surface area contributed by atoms with Crippen molar-refractivity contribution in [2.24, 2.45) is 0 Å². The zero-order valence-electron chi connectivity index (χ0n) is 12.5. The van der Waals surface area contributed by atoms with E-state index in [1.807, 2.05) is 30.5 Å². The van der Waals surface area contributed by atoms with E-state index in [-0.39, 0.29) is 0 Å². The second-order valence-electron chi connectivity index (χ2n) is 5.15. The molecule has 0 spiro atoms. The van der Waals surface area contributed by atoms with E-state index in [0.29, 0.717) is 5.57 Å². The fraction of sp³-hybridized carbons (Fsp3) is 0.294. The quantitative estimate of drug-likeness (QED) is 0.816. The van der Waals surface area contributed by atoms with Crippen molar-refractivity contribution in [3.63, 3.8) is 0 Å². The highest BCUT2D eigenvalue weighted by molar-refractivity contribution is 7.11. The molecule has 0 saturated carbocycles. The van der Waals surface area contributed by atoms with Crippen LogP contribution in [0.25, 0.3) is 11.6 Å². The lowest BCUT2D eigenvalue weighted by atomic mass is 10.1. The van der Waals surface area contributed by atoms with Crippen molar-refractivity contribution in [3.05, 3.63) is 45.9 Å². The third-order valence-electron chi connectivity index (χ3n) is 3.55. The first-order valence-corrected chi connectivity index (χ1v) is 8.11. The lowest BCUT2D eigenvalue weighted by Gasteiger charge is -2.28. The Bertz CT molecular complexity index is 706. The summed E-state index contributed by atoms with van der Waals surface area (Å²) in [7, 11) is 0. The van der Waals surface area contributed by atoms with Crippen molar-refractivity contribution in [2.75, 3.05) is 31.2 Å². The van der Waals surface area contributed by atoms with Gasteiger partial charge in [-0.05, 0) is 30.7 Å². The van der Waals surface area contributed by atoms with E-state index in [1.165, 1.54) is 17.0 Å². The first-order chi connectivity index (χ1) is 10.8. The van der Waals surface area contributed by atoms with Crippen molar-refractivity contribution >= 4 is 28.7 Å². The third kappa shape index (κ3) is 3.35. The molecule has 0 amide bonds. The lowest BCUT2D eigenvalue weighted by Crippen LogP contribution is -2.36. The van der Waals surface area contributed by atoms with Gasteiger partial charge < -0.3 is 9.64 Å². The molecule has 1 aliphatic rings. The van der Waals surface area contributed by atoms with Crippen LogP contribution in [0.15, 0.2) is 29.6 Å². The Morgan fingerprint density at radius 3 is 2.64 bits per heavy atom. The molecule has 1 aromatic carbocycles. The van der Waals surface area contributed by atoms with Crippen LogP contribution in [0.1, 0.15) is 16.3 Å². The second kappa shape index (κ2) is 6.73. The van der Waals surface area contributed by atoms with Gasteiger partial charge in [0.25, 0.3) is 0 Å². The number of hydrogen-bond acceptors (Lipinski definition) is 5. The normalized spacial score (nSPS) is 15.6. The number of benzene rings is 1. The minimum absolute atomic E-state index is 0.609. The first-order valence-electron chi connectivity index (χ1n) is 7.23. The van der Waals surface area contributed by atoms with Crippen molar-refractivity contribution in [1.82, 2.24) is 4.98 Å². The van der Waals surface area contributed by atoms with Crippen LogP contribution in [-0.2, 0) is 4.74 Å². The lowest BCUT2D eigenvalue weighted by molar-refractivity contribution is 0.122. The Hall–Kier alpha value is -2.16. The van der Waals surface area contributed by atoms with Crippen LogP contribution in [0.3, 0.4) is 0 Å². The predicted molar refractivity (Wildman–Crippen MR) is 89.8 cm³/mol. The van der Waals surface area contributed by atoms with Crippen molar-refractivity contribution in [3.8, 4) is 6.07 Å². The Labute approximate surface area is 134 Å². The van der Waals surface area contributed by atoms with E-state index < -0.39 is 0 Å². The molecule has 4 nitrogen and oxygen atoms in total. The summed E-state index contributed by atoms with van der Waals surface area (Å²) < 4.78 is 5.37. The predicted octanol–water partition coefficient (Wildman–Crippen LogP) is 3.35. The highest BCUT2D eigenvalue weighted by atomic mass is 32.1. The van der Waals surface area contributed by atoms with Gasteiger partial charge in [0.05, 0.1) is 18.8 Å². The molecule has 2 aromatic rings. The molecule has 22 heavy (non-hydrogen) atoms. The summed E-state index contributed by atoms with van der Waals surface area (Å²) in [4.78, 5) is 6.69. The van der Waals surface area contributed by atoms with Crippen LogP contribution in [-0.4, -0.2) is 31.3 Å². The van der Waals surface area contributed by atoms with Gasteiger partial charge in [0, 0.05) is 29.9 Å². The number of morpholine rings is 1. The Morgan fingerprint density at radius 1 is 1.32 bits per heavy atom. The van der Waals surface area contributed by atoms with E-state index in [1.54, 1.807) is 0 Å². The highest BCUT2D eigenvalue weighted by Crippen LogP contribution is 2.23. The number of anilines is 1. The summed E-state index contributed by atoms with van der Waals surface area (Å²) >= 11 is 1.50. The Balaban J connectivity index is 1.80. The van der Waals surface area contributed by atoms with Crippen LogP contribution in [0.2, 0.25) is 0 Å². The number of rotatable bonds is 3. The number of thiazole rings is 1. The molecule has 0 aliphatic carbocycles. The molecular weight excluding hydrogens is 294 g/mol. The number of nitrogens with zero attached hydrogens (tertiary/aromatic N) is 3. The van der Waals surface area contributed by atoms with Gasteiger partial charge in [0.1, 0.15) is 11.1 Å². The van der Waals surface area contributed by atoms with E-state index in [9.17, 15) is 5.26 Å². The monoisotopic (exact) mass is 311 g/mol. The number of ether oxygens (including phenoxy) is 1. The van der Waals surface area contributed by atoms with Gasteiger partial charge in [0.15, 0.2) is 0 Å². The number of aromatic nitrogens is 1. The van der Waals surface area contributed by atoms with E-state index in [2.05, 4.69) is 28.1 Å². The minimum Gasteiger partial charge on any atom is -0.378 e. The number of hydrogen-bond donors (Lipinski definition) is 0. The maximum atomic E-state index is 9.33. The van der Waals surface area contributed by atoms with Crippen molar-refractivity contribution < 1.29 is 4.74 Å². The molecule has 0 bridgehead atoms. The van der Waals surface area contributed by atoms with Gasteiger partial charge in [-0.3, -0.25) is 0 Å². The fourth-order valence-corrected chi connectivity index (χ4v) is 3.15. The molecule has 3 rings (SSSR count). The second-order valence-corrected chi connectivity index (χ2v) is 6.01. The zero-order valence-corrected chi connectivity index (χ0v) is 13.3. The molecule has 0 unspecified atom stereocenters. The van der Waals surface area contributed by atoms with E-state index in [0.717, 1.165) is 42.6 Å². The third-order valence-corrected chi connectivity index (χ3v) is 4.54. The van der Waals surface area contributed by atoms with Gasteiger partial charge in [-0.25, -0.2) is 4.98 Å². The highest BCUT2D eigenvalue weighted by Gasteiger charge is 2.11. The number of aryl methyl sites for hydroxylation is 1. The summed E-state index contributed by atoms with van der Waals surface area (Å²) in [6, 6.07) is 10.5. The number of allylic oxidation sites excluding steroid dienone is 1. The van der Waals surface area contributed by atoms with Crippen LogP contribution < -0.4 is 4.90 Å². The van der Waals surface area contributed by atoms with Crippen LogP contribution in [0, 0.1) is 18.3 Å². The van der Waals surface area contributed by atoms with Gasteiger partial charge >= 0.3 is 0 Å². The standard InChI is InChI=1S/C17H17N3OS/c1-13-12-22-17(19-13)15(11-18)10-14-2-4-16(5-3-14)20-6-8-21-9-7-20/h2-5,10,12H,6-9H2,1H3/b15-10-. The largest absolute Gasteiger partial charge is 0.378 e. The van der Waals surface area contributed by atoms with Crippen LogP contribution in [0.5, 0.6) is 0 Å². The van der Waals surface area contributed by atoms with Gasteiger partial charge in [-0.2, -0.15) is 5.26 Å². The maximum Gasteiger partial charge on any atom is 0.134 e. The van der Waals surface area contributed by atoms with Crippen LogP contribution in [0.4, 0.5) is 5.69 Å². The van der Waals surface area contributed by atoms with Gasteiger partial charge in [-0.15, -0.1) is 11.3 Å². The van der Waals surface area contributed by atoms with Crippen molar-refractivity contribution in [2.45, 2.75) is 6.92 Å². The molecule has 1 aromatic heterocycles. The molecule has 0 radical (unpaired) electrons. The summed E-state index contributed by atoms with van der Waals surface area (Å²) in [6.07, 6.45) is 1.89. The van der Waals surface area contributed by atoms with Crippen molar-refractivity contribution in [1.29, 1.82) is 5.26 Å². The maximum absolute atomic E-state index is 9.33. The average molecular weight is 311 g/mol. The zero-order chi connectivity index (χ0) is 15.4. The molecule has 112 valence electrons. The number of nitriles is 1. The summed E-state index contributed by atoms with van der Waals surface area (Å²) in [6.45, 7) is 5.35. The molecule has 2 heterocycles. The Morgan fingerprint density at radius 2 is 2.05 bits per heavy atom. The Kier molecular flexibility index (Phi) is 4.52. The first kappa shape index (κ1) is 14.8. The van der Waals surface area contributed by atoms with Gasteiger partial charge in [0.2, 0.25) is 0 Å². The molecule has 0 N–H and O–H groups in total. The van der Waals surface area contributed by atoms with Crippen LogP contribution >= 0.6 is 11.3 Å².